The first-order valence-electron chi connectivity index (χ1n) is 7.00. The van der Waals surface area contributed by atoms with Crippen molar-refractivity contribution < 1.29 is 14.7 Å². The smallest absolute Gasteiger partial charge is 0.326 e. The maximum atomic E-state index is 12.2. The average Bonchev–Trinajstić information content (AvgIpc) is 2.98. The fraction of sp³-hybridized carbons (Fsp3) is 0.857. The molecule has 1 saturated heterocycles. The number of aliphatic carboxylic acids is 1. The summed E-state index contributed by atoms with van der Waals surface area (Å²) in [6, 6.07) is -0.820. The second-order valence-corrected chi connectivity index (χ2v) is 7.01. The van der Waals surface area contributed by atoms with E-state index in [1.54, 1.807) is 0 Å². The first kappa shape index (κ1) is 14.3. The van der Waals surface area contributed by atoms with Crippen molar-refractivity contribution in [1.29, 1.82) is 0 Å². The molecule has 108 valence electrons. The molecule has 1 aliphatic heterocycles. The van der Waals surface area contributed by atoms with Gasteiger partial charge in [-0.1, -0.05) is 20.8 Å². The molecular formula is C14H24N2O3. The average molecular weight is 268 g/mol. The summed E-state index contributed by atoms with van der Waals surface area (Å²) in [5.74, 6) is -1.02. The molecular weight excluding hydrogens is 244 g/mol. The van der Waals surface area contributed by atoms with Gasteiger partial charge in [-0.3, -0.25) is 4.79 Å². The number of hydrogen-bond donors (Lipinski definition) is 3. The maximum absolute atomic E-state index is 12.2. The standard InChI is InChI=1S/C14H24N2O3/c1-13(2,3)10(12(18)19)16-11(17)9-8-14(9)4-6-15-7-5-14/h9-10,15H,4-8H2,1-3H3,(H,16,17)(H,18,19). The molecule has 2 fully saturated rings. The van der Waals surface area contributed by atoms with Crippen LogP contribution in [0.1, 0.15) is 40.0 Å². The van der Waals surface area contributed by atoms with E-state index >= 15 is 0 Å². The number of carboxylic acid groups (broad SMARTS) is 1. The van der Waals surface area contributed by atoms with Gasteiger partial charge >= 0.3 is 5.97 Å². The Morgan fingerprint density at radius 3 is 2.37 bits per heavy atom. The molecule has 5 heteroatoms. The van der Waals surface area contributed by atoms with Gasteiger partial charge in [0.1, 0.15) is 6.04 Å². The molecule has 3 N–H and O–H groups in total. The van der Waals surface area contributed by atoms with Crippen molar-refractivity contribution in [3.8, 4) is 0 Å². The molecule has 19 heavy (non-hydrogen) atoms. The number of carbonyl (C=O) groups excluding carboxylic acids is 1. The number of amides is 1. The third kappa shape index (κ3) is 2.91. The second-order valence-electron chi connectivity index (χ2n) is 7.01. The van der Waals surface area contributed by atoms with Crippen molar-refractivity contribution in [2.45, 2.75) is 46.1 Å². The Bertz CT molecular complexity index is 381. The lowest BCUT2D eigenvalue weighted by Gasteiger charge is -2.29. The van der Waals surface area contributed by atoms with Gasteiger partial charge in [0.05, 0.1) is 0 Å². The Morgan fingerprint density at radius 2 is 1.89 bits per heavy atom. The van der Waals surface area contributed by atoms with Gasteiger partial charge < -0.3 is 15.7 Å². The Morgan fingerprint density at radius 1 is 1.32 bits per heavy atom. The number of piperidine rings is 1. The summed E-state index contributed by atoms with van der Waals surface area (Å²) in [7, 11) is 0. The highest BCUT2D eigenvalue weighted by Crippen LogP contribution is 2.58. The molecule has 1 heterocycles. The summed E-state index contributed by atoms with van der Waals surface area (Å²) < 4.78 is 0. The Balaban J connectivity index is 1.96. The number of carboxylic acids is 1. The van der Waals surface area contributed by atoms with Crippen LogP contribution in [0.15, 0.2) is 0 Å². The van der Waals surface area contributed by atoms with E-state index in [1.807, 2.05) is 20.8 Å². The van der Waals surface area contributed by atoms with Crippen molar-refractivity contribution in [2.75, 3.05) is 13.1 Å². The van der Waals surface area contributed by atoms with Gasteiger partial charge in [0, 0.05) is 5.92 Å². The monoisotopic (exact) mass is 268 g/mol. The van der Waals surface area contributed by atoms with Crippen LogP contribution in [0.4, 0.5) is 0 Å². The van der Waals surface area contributed by atoms with Crippen LogP contribution in [0.5, 0.6) is 0 Å². The molecule has 0 aromatic carbocycles. The SMILES string of the molecule is CC(C)(C)C(NC(=O)C1CC12CCNCC2)C(=O)O. The van der Waals surface area contributed by atoms with E-state index < -0.39 is 17.4 Å². The minimum atomic E-state index is -0.958. The molecule has 0 bridgehead atoms. The highest BCUT2D eigenvalue weighted by atomic mass is 16.4. The molecule has 2 rings (SSSR count). The lowest BCUT2D eigenvalue weighted by atomic mass is 9.86. The normalized spacial score (nSPS) is 26.8. The molecule has 1 saturated carbocycles. The molecule has 5 nitrogen and oxygen atoms in total. The predicted molar refractivity (Wildman–Crippen MR) is 71.7 cm³/mol. The van der Waals surface area contributed by atoms with Gasteiger partial charge in [-0.25, -0.2) is 4.79 Å². The van der Waals surface area contributed by atoms with E-state index in [0.29, 0.717) is 0 Å². The summed E-state index contributed by atoms with van der Waals surface area (Å²) in [6.45, 7) is 7.43. The summed E-state index contributed by atoms with van der Waals surface area (Å²) >= 11 is 0. The van der Waals surface area contributed by atoms with Gasteiger partial charge in [0.15, 0.2) is 0 Å². The topological polar surface area (TPSA) is 78.4 Å². The number of carbonyl (C=O) groups is 2. The van der Waals surface area contributed by atoms with Gasteiger partial charge in [0.2, 0.25) is 5.91 Å². The summed E-state index contributed by atoms with van der Waals surface area (Å²) in [5.41, 5.74) is -0.325. The summed E-state index contributed by atoms with van der Waals surface area (Å²) in [6.07, 6.45) is 2.97. The van der Waals surface area contributed by atoms with Crippen molar-refractivity contribution in [3.63, 3.8) is 0 Å². The molecule has 0 radical (unpaired) electrons. The zero-order valence-corrected chi connectivity index (χ0v) is 12.0. The molecule has 0 aromatic heterocycles. The first-order chi connectivity index (χ1) is 8.76. The predicted octanol–water partition coefficient (Wildman–Crippen LogP) is 0.992. The fourth-order valence-electron chi connectivity index (χ4n) is 3.09. The fourth-order valence-corrected chi connectivity index (χ4v) is 3.09. The van der Waals surface area contributed by atoms with Crippen LogP contribution in [0.25, 0.3) is 0 Å². The number of rotatable bonds is 3. The quantitative estimate of drug-likeness (QED) is 0.713. The van der Waals surface area contributed by atoms with E-state index in [0.717, 1.165) is 32.4 Å². The molecule has 1 amide bonds. The Labute approximate surface area is 114 Å². The zero-order valence-electron chi connectivity index (χ0n) is 12.0. The van der Waals surface area contributed by atoms with Gasteiger partial charge in [-0.2, -0.15) is 0 Å². The minimum Gasteiger partial charge on any atom is -0.480 e. The van der Waals surface area contributed by atoms with Gasteiger partial charge in [-0.15, -0.1) is 0 Å². The van der Waals surface area contributed by atoms with Crippen LogP contribution >= 0.6 is 0 Å². The van der Waals surface area contributed by atoms with Gasteiger partial charge in [0.25, 0.3) is 0 Å². The van der Waals surface area contributed by atoms with Crippen LogP contribution in [0, 0.1) is 16.7 Å². The van der Waals surface area contributed by atoms with Crippen LogP contribution in [0.3, 0.4) is 0 Å². The summed E-state index contributed by atoms with van der Waals surface area (Å²) in [5, 5.41) is 15.3. The van der Waals surface area contributed by atoms with E-state index in [9.17, 15) is 14.7 Å². The van der Waals surface area contributed by atoms with E-state index in [2.05, 4.69) is 10.6 Å². The largest absolute Gasteiger partial charge is 0.480 e. The lowest BCUT2D eigenvalue weighted by molar-refractivity contribution is -0.145. The van der Waals surface area contributed by atoms with E-state index in [1.165, 1.54) is 0 Å². The van der Waals surface area contributed by atoms with Crippen molar-refractivity contribution in [3.05, 3.63) is 0 Å². The lowest BCUT2D eigenvalue weighted by Crippen LogP contribution is -2.50. The van der Waals surface area contributed by atoms with E-state index in [-0.39, 0.29) is 17.2 Å². The Hall–Kier alpha value is -1.10. The highest BCUT2D eigenvalue weighted by Gasteiger charge is 2.58. The van der Waals surface area contributed by atoms with Crippen LogP contribution in [-0.4, -0.2) is 36.1 Å². The highest BCUT2D eigenvalue weighted by molar-refractivity contribution is 5.87. The molecule has 2 atom stereocenters. The zero-order chi connectivity index (χ0) is 14.3. The molecule has 2 aliphatic rings. The molecule has 1 spiro atoms. The van der Waals surface area contributed by atoms with Gasteiger partial charge in [-0.05, 0) is 43.2 Å². The van der Waals surface area contributed by atoms with Crippen molar-refractivity contribution in [1.82, 2.24) is 10.6 Å². The third-order valence-electron chi connectivity index (χ3n) is 4.51. The maximum Gasteiger partial charge on any atom is 0.326 e. The van der Waals surface area contributed by atoms with Crippen LogP contribution < -0.4 is 10.6 Å². The minimum absolute atomic E-state index is 0.0128. The third-order valence-corrected chi connectivity index (χ3v) is 4.51. The second kappa shape index (κ2) is 4.78. The number of hydrogen-bond acceptors (Lipinski definition) is 3. The van der Waals surface area contributed by atoms with Crippen molar-refractivity contribution in [2.24, 2.45) is 16.7 Å². The molecule has 1 aliphatic carbocycles. The van der Waals surface area contributed by atoms with E-state index in [4.69, 9.17) is 0 Å². The molecule has 0 aromatic rings. The Kier molecular flexibility index (Phi) is 3.60. The number of nitrogens with one attached hydrogen (secondary N) is 2. The van der Waals surface area contributed by atoms with Crippen LogP contribution in [-0.2, 0) is 9.59 Å². The van der Waals surface area contributed by atoms with Crippen LogP contribution in [0.2, 0.25) is 0 Å². The first-order valence-corrected chi connectivity index (χ1v) is 7.00. The molecule has 2 unspecified atom stereocenters. The summed E-state index contributed by atoms with van der Waals surface area (Å²) in [4.78, 5) is 23.5. The van der Waals surface area contributed by atoms with Crippen molar-refractivity contribution >= 4 is 11.9 Å².